The summed E-state index contributed by atoms with van der Waals surface area (Å²) >= 11 is 0. The molecule has 0 spiro atoms. The molecule has 0 fully saturated rings. The van der Waals surface area contributed by atoms with Gasteiger partial charge in [-0.3, -0.25) is 0 Å². The first kappa shape index (κ1) is 14.0. The second-order valence-electron chi connectivity index (χ2n) is 3.87. The summed E-state index contributed by atoms with van der Waals surface area (Å²) in [4.78, 5) is 0. The molecule has 1 rings (SSSR count). The van der Waals surface area contributed by atoms with Gasteiger partial charge in [-0.25, -0.2) is 8.42 Å². The summed E-state index contributed by atoms with van der Waals surface area (Å²) in [5.41, 5.74) is 0.795. The summed E-state index contributed by atoms with van der Waals surface area (Å²) in [6.07, 6.45) is 0. The second kappa shape index (κ2) is 5.51. The maximum Gasteiger partial charge on any atom is 0.214 e. The van der Waals surface area contributed by atoms with E-state index in [1.807, 2.05) is 19.9 Å². The second-order valence-corrected chi connectivity index (χ2v) is 6.09. The van der Waals surface area contributed by atoms with Crippen LogP contribution in [0.5, 0.6) is 5.75 Å². The lowest BCUT2D eigenvalue weighted by Gasteiger charge is -2.27. The quantitative estimate of drug-likeness (QED) is 0.879. The highest BCUT2D eigenvalue weighted by atomic mass is 32.2. The number of hydrogen-bond donors (Lipinski definition) is 1. The highest BCUT2D eigenvalue weighted by Gasteiger charge is 2.25. The number of phenolic OH excluding ortho intramolecular Hbond substituents is 1. The van der Waals surface area contributed by atoms with Crippen molar-refractivity contribution in [3.63, 3.8) is 0 Å². The van der Waals surface area contributed by atoms with Gasteiger partial charge in [0.15, 0.2) is 0 Å². The van der Waals surface area contributed by atoms with Crippen LogP contribution >= 0.6 is 0 Å². The average Bonchev–Trinajstić information content (AvgIpc) is 2.29. The summed E-state index contributed by atoms with van der Waals surface area (Å²) in [6, 6.07) is 6.43. The smallest absolute Gasteiger partial charge is 0.214 e. The Balaban J connectivity index is 3.06. The first-order chi connectivity index (χ1) is 7.92. The Morgan fingerprint density at radius 3 is 2.47 bits per heavy atom. The molecule has 1 aromatic carbocycles. The van der Waals surface area contributed by atoms with E-state index in [1.54, 1.807) is 25.1 Å². The molecule has 0 aliphatic rings. The maximum absolute atomic E-state index is 11.9. The SMILES string of the molecule is CCN(C(C)c1cccc(O)c1)S(=O)(=O)CC. The molecule has 1 unspecified atom stereocenters. The number of hydrogen-bond acceptors (Lipinski definition) is 3. The summed E-state index contributed by atoms with van der Waals surface area (Å²) in [7, 11) is -3.22. The molecule has 0 aliphatic carbocycles. The first-order valence-corrected chi connectivity index (χ1v) is 7.31. The van der Waals surface area contributed by atoms with Crippen molar-refractivity contribution in [1.29, 1.82) is 0 Å². The third-order valence-corrected chi connectivity index (χ3v) is 4.84. The summed E-state index contributed by atoms with van der Waals surface area (Å²) in [5, 5.41) is 9.41. The van der Waals surface area contributed by atoms with Gasteiger partial charge in [0.2, 0.25) is 10.0 Å². The van der Waals surface area contributed by atoms with Crippen molar-refractivity contribution < 1.29 is 13.5 Å². The molecule has 0 aromatic heterocycles. The third-order valence-electron chi connectivity index (χ3n) is 2.82. The van der Waals surface area contributed by atoms with Crippen LogP contribution in [0.2, 0.25) is 0 Å². The molecule has 0 amide bonds. The monoisotopic (exact) mass is 257 g/mol. The zero-order chi connectivity index (χ0) is 13.1. The van der Waals surface area contributed by atoms with Gasteiger partial charge in [0.25, 0.3) is 0 Å². The number of aromatic hydroxyl groups is 1. The van der Waals surface area contributed by atoms with Gasteiger partial charge in [-0.05, 0) is 31.5 Å². The fraction of sp³-hybridized carbons (Fsp3) is 0.500. The van der Waals surface area contributed by atoms with E-state index in [2.05, 4.69) is 0 Å². The molecular formula is C12H19NO3S. The van der Waals surface area contributed by atoms with Crippen LogP contribution in [0.15, 0.2) is 24.3 Å². The molecule has 0 saturated carbocycles. The normalized spacial score (nSPS) is 13.9. The highest BCUT2D eigenvalue weighted by molar-refractivity contribution is 7.89. The van der Waals surface area contributed by atoms with Gasteiger partial charge < -0.3 is 5.11 Å². The standard InChI is InChI=1S/C12H19NO3S/c1-4-13(17(15,16)5-2)10(3)11-7-6-8-12(14)9-11/h6-10,14H,4-5H2,1-3H3. The lowest BCUT2D eigenvalue weighted by atomic mass is 10.1. The molecule has 1 atom stereocenters. The van der Waals surface area contributed by atoms with Gasteiger partial charge in [0, 0.05) is 12.6 Å². The van der Waals surface area contributed by atoms with Gasteiger partial charge >= 0.3 is 0 Å². The average molecular weight is 257 g/mol. The number of nitrogens with zero attached hydrogens (tertiary/aromatic N) is 1. The summed E-state index contributed by atoms with van der Waals surface area (Å²) in [5.74, 6) is 0.239. The molecule has 0 saturated heterocycles. The van der Waals surface area contributed by atoms with Gasteiger partial charge in [0.1, 0.15) is 5.75 Å². The fourth-order valence-electron chi connectivity index (χ4n) is 1.83. The van der Waals surface area contributed by atoms with Crippen LogP contribution in [0.1, 0.15) is 32.4 Å². The van der Waals surface area contributed by atoms with E-state index in [4.69, 9.17) is 0 Å². The minimum atomic E-state index is -3.22. The Bertz CT molecular complexity index is 470. The number of rotatable bonds is 5. The third kappa shape index (κ3) is 3.20. The number of benzene rings is 1. The molecule has 0 aliphatic heterocycles. The minimum absolute atomic E-state index is 0.0873. The molecule has 96 valence electrons. The van der Waals surface area contributed by atoms with E-state index in [0.29, 0.717) is 6.54 Å². The molecule has 1 aromatic rings. The predicted octanol–water partition coefficient (Wildman–Crippen LogP) is 2.12. The van der Waals surface area contributed by atoms with Crippen LogP contribution < -0.4 is 0 Å². The van der Waals surface area contributed by atoms with Crippen LogP contribution in [0, 0.1) is 0 Å². The van der Waals surface area contributed by atoms with Crippen molar-refractivity contribution in [3.05, 3.63) is 29.8 Å². The Morgan fingerprint density at radius 2 is 2.00 bits per heavy atom. The maximum atomic E-state index is 11.9. The van der Waals surface area contributed by atoms with Gasteiger partial charge in [0.05, 0.1) is 5.75 Å². The minimum Gasteiger partial charge on any atom is -0.508 e. The van der Waals surface area contributed by atoms with E-state index in [1.165, 1.54) is 4.31 Å². The van der Waals surface area contributed by atoms with Crippen molar-refractivity contribution in [2.24, 2.45) is 0 Å². The van der Waals surface area contributed by atoms with Crippen molar-refractivity contribution in [2.45, 2.75) is 26.8 Å². The molecule has 4 nitrogen and oxygen atoms in total. The number of sulfonamides is 1. The molecule has 5 heteroatoms. The zero-order valence-corrected chi connectivity index (χ0v) is 11.2. The molecule has 0 radical (unpaired) electrons. The Morgan fingerprint density at radius 1 is 1.35 bits per heavy atom. The van der Waals surface area contributed by atoms with E-state index < -0.39 is 10.0 Å². The first-order valence-electron chi connectivity index (χ1n) is 5.70. The van der Waals surface area contributed by atoms with E-state index >= 15 is 0 Å². The van der Waals surface area contributed by atoms with Crippen LogP contribution in [0.25, 0.3) is 0 Å². The summed E-state index contributed by atoms with van der Waals surface area (Å²) < 4.78 is 25.2. The molecule has 0 heterocycles. The topological polar surface area (TPSA) is 57.6 Å². The van der Waals surface area contributed by atoms with Crippen LogP contribution in [-0.2, 0) is 10.0 Å². The Hall–Kier alpha value is -1.07. The fourth-order valence-corrected chi connectivity index (χ4v) is 3.16. The van der Waals surface area contributed by atoms with Crippen molar-refractivity contribution in [1.82, 2.24) is 4.31 Å². The summed E-state index contributed by atoms with van der Waals surface area (Å²) in [6.45, 7) is 5.69. The molecule has 17 heavy (non-hydrogen) atoms. The van der Waals surface area contributed by atoms with Crippen LogP contribution in [-0.4, -0.2) is 30.1 Å². The lowest BCUT2D eigenvalue weighted by molar-refractivity contribution is 0.356. The number of phenols is 1. The molecule has 0 bridgehead atoms. The highest BCUT2D eigenvalue weighted by Crippen LogP contribution is 2.25. The largest absolute Gasteiger partial charge is 0.508 e. The Labute approximate surface area is 103 Å². The van der Waals surface area contributed by atoms with Gasteiger partial charge in [-0.2, -0.15) is 4.31 Å². The molecular weight excluding hydrogens is 238 g/mol. The molecule has 1 N–H and O–H groups in total. The van der Waals surface area contributed by atoms with Crippen molar-refractivity contribution >= 4 is 10.0 Å². The zero-order valence-electron chi connectivity index (χ0n) is 10.4. The van der Waals surface area contributed by atoms with Gasteiger partial charge in [-0.15, -0.1) is 0 Å². The Kier molecular flexibility index (Phi) is 4.54. The lowest BCUT2D eigenvalue weighted by Crippen LogP contribution is -2.34. The van der Waals surface area contributed by atoms with E-state index in [9.17, 15) is 13.5 Å². The van der Waals surface area contributed by atoms with Gasteiger partial charge in [-0.1, -0.05) is 19.1 Å². The van der Waals surface area contributed by atoms with E-state index in [-0.39, 0.29) is 17.5 Å². The van der Waals surface area contributed by atoms with Crippen LogP contribution in [0.3, 0.4) is 0 Å². The van der Waals surface area contributed by atoms with Crippen LogP contribution in [0.4, 0.5) is 0 Å². The predicted molar refractivity (Wildman–Crippen MR) is 68.4 cm³/mol. The van der Waals surface area contributed by atoms with Crippen molar-refractivity contribution in [3.8, 4) is 5.75 Å². The van der Waals surface area contributed by atoms with E-state index in [0.717, 1.165) is 5.56 Å². The van der Waals surface area contributed by atoms with Crippen molar-refractivity contribution in [2.75, 3.05) is 12.3 Å².